The maximum Gasteiger partial charge on any atom is 0.228 e. The Morgan fingerprint density at radius 3 is 2.15 bits per heavy atom. The van der Waals surface area contributed by atoms with Gasteiger partial charge in [0.2, 0.25) is 5.91 Å². The molecule has 1 aliphatic heterocycles. The summed E-state index contributed by atoms with van der Waals surface area (Å²) < 4.78 is 0. The summed E-state index contributed by atoms with van der Waals surface area (Å²) in [6, 6.07) is 10.7. The number of rotatable bonds is 3. The quantitative estimate of drug-likeness (QED) is 0.795. The number of amides is 1. The molecule has 4 bridgehead atoms. The van der Waals surface area contributed by atoms with Gasteiger partial charge in [-0.05, 0) is 60.8 Å². The topological polar surface area (TPSA) is 23.6 Å². The SMILES string of the molecule is C[C@]12CC3CC(C(=O)N4CCN(Cc5ccccc5)CC4)(C1)C[C@](C)(C3)C2. The highest BCUT2D eigenvalue weighted by Gasteiger charge is 2.63. The van der Waals surface area contributed by atoms with Crippen LogP contribution >= 0.6 is 0 Å². The first kappa shape index (κ1) is 17.7. The fourth-order valence-electron chi connectivity index (χ4n) is 7.97. The van der Waals surface area contributed by atoms with Gasteiger partial charge in [0.05, 0.1) is 5.41 Å². The Hall–Kier alpha value is -1.35. The first-order valence-electron chi connectivity index (χ1n) is 10.9. The molecule has 0 spiro atoms. The van der Waals surface area contributed by atoms with Crippen LogP contribution in [-0.4, -0.2) is 41.9 Å². The van der Waals surface area contributed by atoms with Crippen LogP contribution in [0.1, 0.15) is 57.9 Å². The van der Waals surface area contributed by atoms with Crippen molar-refractivity contribution in [1.29, 1.82) is 0 Å². The summed E-state index contributed by atoms with van der Waals surface area (Å²) >= 11 is 0. The summed E-state index contributed by atoms with van der Waals surface area (Å²) in [7, 11) is 0. The molecule has 5 aliphatic rings. The second-order valence-electron chi connectivity index (χ2n) is 11.0. The molecule has 6 rings (SSSR count). The molecule has 146 valence electrons. The number of carbonyl (C=O) groups excluding carboxylic acids is 1. The van der Waals surface area contributed by atoms with Crippen molar-refractivity contribution in [2.75, 3.05) is 26.2 Å². The molecule has 2 atom stereocenters. The van der Waals surface area contributed by atoms with Crippen LogP contribution in [0.3, 0.4) is 0 Å². The van der Waals surface area contributed by atoms with Crippen LogP contribution in [0.15, 0.2) is 30.3 Å². The van der Waals surface area contributed by atoms with E-state index in [9.17, 15) is 4.79 Å². The third-order valence-corrected chi connectivity index (χ3v) is 7.99. The van der Waals surface area contributed by atoms with Gasteiger partial charge < -0.3 is 4.90 Å². The zero-order chi connectivity index (χ0) is 18.7. The van der Waals surface area contributed by atoms with E-state index in [4.69, 9.17) is 0 Å². The van der Waals surface area contributed by atoms with Crippen molar-refractivity contribution in [2.24, 2.45) is 22.2 Å². The van der Waals surface area contributed by atoms with Crippen LogP contribution in [-0.2, 0) is 11.3 Å². The molecule has 27 heavy (non-hydrogen) atoms. The maximum absolute atomic E-state index is 13.7. The summed E-state index contributed by atoms with van der Waals surface area (Å²) in [6.45, 7) is 9.78. The van der Waals surface area contributed by atoms with Crippen LogP contribution in [0.2, 0.25) is 0 Å². The summed E-state index contributed by atoms with van der Waals surface area (Å²) in [5, 5.41) is 0. The first-order valence-corrected chi connectivity index (χ1v) is 10.9. The Morgan fingerprint density at radius 2 is 1.56 bits per heavy atom. The third-order valence-electron chi connectivity index (χ3n) is 7.99. The average molecular weight is 367 g/mol. The van der Waals surface area contributed by atoms with Gasteiger partial charge in [0.15, 0.2) is 0 Å². The molecule has 1 heterocycles. The van der Waals surface area contributed by atoms with Crippen LogP contribution in [0.5, 0.6) is 0 Å². The number of benzene rings is 1. The number of piperazine rings is 1. The highest BCUT2D eigenvalue weighted by Crippen LogP contribution is 2.69. The molecule has 3 nitrogen and oxygen atoms in total. The van der Waals surface area contributed by atoms with E-state index in [1.807, 2.05) is 0 Å². The van der Waals surface area contributed by atoms with E-state index >= 15 is 0 Å². The number of nitrogens with zero attached hydrogens (tertiary/aromatic N) is 2. The Bertz CT molecular complexity index is 703. The van der Waals surface area contributed by atoms with Crippen molar-refractivity contribution in [1.82, 2.24) is 9.80 Å². The van der Waals surface area contributed by atoms with Crippen molar-refractivity contribution < 1.29 is 4.79 Å². The van der Waals surface area contributed by atoms with Gasteiger partial charge in [-0.1, -0.05) is 44.2 Å². The third kappa shape index (κ3) is 3.12. The lowest BCUT2D eigenvalue weighted by Crippen LogP contribution is -2.62. The van der Waals surface area contributed by atoms with Gasteiger partial charge in [-0.25, -0.2) is 0 Å². The van der Waals surface area contributed by atoms with Crippen molar-refractivity contribution in [2.45, 2.75) is 58.9 Å². The lowest BCUT2D eigenvalue weighted by Gasteiger charge is -2.65. The van der Waals surface area contributed by atoms with E-state index in [0.29, 0.717) is 16.7 Å². The minimum atomic E-state index is -0.0372. The lowest BCUT2D eigenvalue weighted by atomic mass is 9.40. The number of hydrogen-bond donors (Lipinski definition) is 0. The number of carbonyl (C=O) groups is 1. The molecule has 0 radical (unpaired) electrons. The Kier molecular flexibility index (Phi) is 3.99. The molecule has 5 fully saturated rings. The normalized spacial score (nSPS) is 41.1. The standard InChI is InChI=1S/C24H34N2O/c1-22-12-20-13-23(2,16-22)18-24(14-20,17-22)21(27)26-10-8-25(9-11-26)15-19-6-4-3-5-7-19/h3-7,20H,8-18H2,1-2H3/t20?,22-,23-,24?/m1/s1. The fourth-order valence-corrected chi connectivity index (χ4v) is 7.97. The van der Waals surface area contributed by atoms with E-state index in [2.05, 4.69) is 54.0 Å². The molecule has 0 N–H and O–H groups in total. The van der Waals surface area contributed by atoms with E-state index in [1.165, 1.54) is 31.2 Å². The van der Waals surface area contributed by atoms with Gasteiger partial charge in [-0.15, -0.1) is 0 Å². The van der Waals surface area contributed by atoms with Gasteiger partial charge >= 0.3 is 0 Å². The Balaban J connectivity index is 1.26. The van der Waals surface area contributed by atoms with E-state index in [1.54, 1.807) is 0 Å². The molecule has 1 saturated heterocycles. The summed E-state index contributed by atoms with van der Waals surface area (Å²) in [4.78, 5) is 18.4. The second-order valence-corrected chi connectivity index (χ2v) is 11.0. The van der Waals surface area contributed by atoms with Crippen molar-refractivity contribution in [3.63, 3.8) is 0 Å². The summed E-state index contributed by atoms with van der Waals surface area (Å²) in [5.74, 6) is 1.29. The highest BCUT2D eigenvalue weighted by atomic mass is 16.2. The highest BCUT2D eigenvalue weighted by molar-refractivity contribution is 5.83. The van der Waals surface area contributed by atoms with Crippen LogP contribution in [0.25, 0.3) is 0 Å². The average Bonchev–Trinajstić information content (AvgIpc) is 2.59. The molecular formula is C24H34N2O. The largest absolute Gasteiger partial charge is 0.340 e. The molecule has 1 aromatic rings. The molecule has 4 saturated carbocycles. The lowest BCUT2D eigenvalue weighted by molar-refractivity contribution is -0.180. The van der Waals surface area contributed by atoms with Gasteiger partial charge in [-0.2, -0.15) is 0 Å². The van der Waals surface area contributed by atoms with Gasteiger partial charge in [0.25, 0.3) is 0 Å². The van der Waals surface area contributed by atoms with Crippen molar-refractivity contribution >= 4 is 5.91 Å². The van der Waals surface area contributed by atoms with Crippen molar-refractivity contribution in [3.05, 3.63) is 35.9 Å². The number of hydrogen-bond acceptors (Lipinski definition) is 2. The predicted octanol–water partition coefficient (Wildman–Crippen LogP) is 4.33. The zero-order valence-electron chi connectivity index (χ0n) is 17.0. The summed E-state index contributed by atoms with van der Waals surface area (Å²) in [5.41, 5.74) is 2.17. The van der Waals surface area contributed by atoms with Gasteiger partial charge in [0.1, 0.15) is 0 Å². The maximum atomic E-state index is 13.7. The van der Waals surface area contributed by atoms with Crippen molar-refractivity contribution in [3.8, 4) is 0 Å². The predicted molar refractivity (Wildman–Crippen MR) is 108 cm³/mol. The molecule has 0 unspecified atom stereocenters. The van der Waals surface area contributed by atoms with Crippen LogP contribution in [0, 0.1) is 22.2 Å². The monoisotopic (exact) mass is 366 g/mol. The molecule has 4 aliphatic carbocycles. The molecule has 1 amide bonds. The Labute approximate surface area is 164 Å². The molecular weight excluding hydrogens is 332 g/mol. The Morgan fingerprint density at radius 1 is 0.926 bits per heavy atom. The minimum Gasteiger partial charge on any atom is -0.340 e. The minimum absolute atomic E-state index is 0.0372. The summed E-state index contributed by atoms with van der Waals surface area (Å²) in [6.07, 6.45) is 7.53. The zero-order valence-corrected chi connectivity index (χ0v) is 17.0. The molecule has 1 aromatic carbocycles. The van der Waals surface area contributed by atoms with Crippen LogP contribution in [0.4, 0.5) is 0 Å². The first-order chi connectivity index (χ1) is 12.9. The fraction of sp³-hybridized carbons (Fsp3) is 0.708. The smallest absolute Gasteiger partial charge is 0.228 e. The molecule has 0 aromatic heterocycles. The van der Waals surface area contributed by atoms with E-state index in [0.717, 1.165) is 51.5 Å². The molecule has 3 heteroatoms. The van der Waals surface area contributed by atoms with Gasteiger partial charge in [-0.3, -0.25) is 9.69 Å². The van der Waals surface area contributed by atoms with Crippen LogP contribution < -0.4 is 0 Å². The van der Waals surface area contributed by atoms with E-state index < -0.39 is 0 Å². The van der Waals surface area contributed by atoms with Gasteiger partial charge in [0, 0.05) is 32.7 Å². The second kappa shape index (κ2) is 6.07. The van der Waals surface area contributed by atoms with E-state index in [-0.39, 0.29) is 5.41 Å².